The first kappa shape index (κ1) is 22.5. The molecule has 1 aromatic carbocycles. The second-order valence-electron chi connectivity index (χ2n) is 8.17. The Bertz CT molecular complexity index is 1080. The summed E-state index contributed by atoms with van der Waals surface area (Å²) in [7, 11) is 0. The number of thiophene rings is 1. The molecule has 1 aliphatic rings. The van der Waals surface area contributed by atoms with Crippen LogP contribution in [0.3, 0.4) is 0 Å². The van der Waals surface area contributed by atoms with Gasteiger partial charge in [-0.15, -0.1) is 0 Å². The molecule has 2 atom stereocenters. The lowest BCUT2D eigenvalue weighted by Gasteiger charge is -2.47. The summed E-state index contributed by atoms with van der Waals surface area (Å²) in [5.74, 6) is 1.15. The zero-order chi connectivity index (χ0) is 22.2. The number of aromatic nitrogens is 2. The highest BCUT2D eigenvalue weighted by molar-refractivity contribution is 7.08. The van der Waals surface area contributed by atoms with Crippen molar-refractivity contribution in [1.82, 2.24) is 9.97 Å². The van der Waals surface area contributed by atoms with Crippen molar-refractivity contribution in [3.05, 3.63) is 62.0 Å². The van der Waals surface area contributed by atoms with E-state index < -0.39 is 0 Å². The van der Waals surface area contributed by atoms with E-state index in [-0.39, 0.29) is 12.0 Å². The van der Waals surface area contributed by atoms with Crippen LogP contribution in [0.2, 0.25) is 10.0 Å². The van der Waals surface area contributed by atoms with Crippen molar-refractivity contribution >= 4 is 40.4 Å². The number of hydrogen-bond acceptors (Lipinski definition) is 6. The van der Waals surface area contributed by atoms with Crippen LogP contribution < -0.4 is 10.6 Å². The minimum absolute atomic E-state index is 0.157. The lowest BCUT2D eigenvalue weighted by Crippen LogP contribution is -2.55. The Kier molecular flexibility index (Phi) is 6.56. The predicted molar refractivity (Wildman–Crippen MR) is 129 cm³/mol. The molecule has 31 heavy (non-hydrogen) atoms. The van der Waals surface area contributed by atoms with Crippen molar-refractivity contribution in [2.45, 2.75) is 32.3 Å². The average molecular weight is 477 g/mol. The molecule has 2 unspecified atom stereocenters. The van der Waals surface area contributed by atoms with E-state index in [1.54, 1.807) is 17.4 Å². The summed E-state index contributed by atoms with van der Waals surface area (Å²) < 4.78 is 0. The maximum absolute atomic E-state index is 10.1. The molecular formula is C23H26Cl2N4OS. The second kappa shape index (κ2) is 9.04. The third-order valence-electron chi connectivity index (χ3n) is 6.49. The quantitative estimate of drug-likeness (QED) is 0.538. The molecular weight excluding hydrogens is 451 g/mol. The fourth-order valence-electron chi connectivity index (χ4n) is 4.53. The smallest absolute Gasteiger partial charge is 0.153 e. The molecule has 0 amide bonds. The third-order valence-corrected chi connectivity index (χ3v) is 7.99. The van der Waals surface area contributed by atoms with Gasteiger partial charge in [0.25, 0.3) is 0 Å². The van der Waals surface area contributed by atoms with E-state index in [4.69, 9.17) is 38.9 Å². The van der Waals surface area contributed by atoms with Crippen LogP contribution in [0.15, 0.2) is 35.0 Å². The lowest BCUT2D eigenvalue weighted by atomic mass is 9.68. The molecule has 1 aliphatic heterocycles. The number of nitrogens with zero attached hydrogens (tertiary/aromatic N) is 3. The highest BCUT2D eigenvalue weighted by atomic mass is 35.5. The van der Waals surface area contributed by atoms with E-state index in [1.165, 1.54) is 5.56 Å². The fraction of sp³-hybridized carbons (Fsp3) is 0.391. The summed E-state index contributed by atoms with van der Waals surface area (Å²) in [6.45, 7) is 6.10. The largest absolute Gasteiger partial charge is 0.390 e. The van der Waals surface area contributed by atoms with Crippen LogP contribution in [-0.4, -0.2) is 34.7 Å². The topological polar surface area (TPSA) is 75.3 Å². The number of piperidine rings is 1. The molecule has 0 spiro atoms. The highest BCUT2D eigenvalue weighted by Crippen LogP contribution is 2.41. The number of rotatable bonds is 5. The van der Waals surface area contributed by atoms with Crippen LogP contribution in [0, 0.1) is 12.8 Å². The van der Waals surface area contributed by atoms with Crippen molar-refractivity contribution in [3.8, 4) is 11.3 Å². The Balaban J connectivity index is 1.76. The highest BCUT2D eigenvalue weighted by Gasteiger charge is 2.42. The average Bonchev–Trinajstić information content (AvgIpc) is 3.32. The van der Waals surface area contributed by atoms with Gasteiger partial charge in [0.1, 0.15) is 5.69 Å². The molecule has 0 saturated carbocycles. The molecule has 0 bridgehead atoms. The van der Waals surface area contributed by atoms with Crippen LogP contribution in [0.1, 0.15) is 30.3 Å². The SMILES string of the molecule is Cc1nc(N2CCC(C)C(CN)(c3ccsc3)C2)c(CO)nc1-c1cccc(Cl)c1Cl. The van der Waals surface area contributed by atoms with Crippen molar-refractivity contribution in [2.75, 3.05) is 24.5 Å². The van der Waals surface area contributed by atoms with Gasteiger partial charge in [-0.1, -0.05) is 42.3 Å². The van der Waals surface area contributed by atoms with E-state index in [1.807, 2.05) is 19.1 Å². The van der Waals surface area contributed by atoms with E-state index in [2.05, 4.69) is 28.7 Å². The molecule has 4 rings (SSSR count). The summed E-state index contributed by atoms with van der Waals surface area (Å²) in [5.41, 5.74) is 10.1. The van der Waals surface area contributed by atoms with Gasteiger partial charge in [-0.2, -0.15) is 11.3 Å². The first-order valence-electron chi connectivity index (χ1n) is 10.3. The first-order valence-corrected chi connectivity index (χ1v) is 12.0. The zero-order valence-electron chi connectivity index (χ0n) is 17.6. The van der Waals surface area contributed by atoms with Gasteiger partial charge in [-0.05, 0) is 47.7 Å². The summed E-state index contributed by atoms with van der Waals surface area (Å²) in [5, 5.41) is 15.3. The fourth-order valence-corrected chi connectivity index (χ4v) is 5.69. The molecule has 8 heteroatoms. The number of benzene rings is 1. The van der Waals surface area contributed by atoms with Crippen LogP contribution in [-0.2, 0) is 12.0 Å². The molecule has 5 nitrogen and oxygen atoms in total. The molecule has 164 valence electrons. The molecule has 0 radical (unpaired) electrons. The molecule has 3 N–H and O–H groups in total. The summed E-state index contributed by atoms with van der Waals surface area (Å²) in [6.07, 6.45) is 0.987. The van der Waals surface area contributed by atoms with Gasteiger partial charge in [0, 0.05) is 30.6 Å². The van der Waals surface area contributed by atoms with Gasteiger partial charge in [0.2, 0.25) is 0 Å². The van der Waals surface area contributed by atoms with Gasteiger partial charge < -0.3 is 15.7 Å². The van der Waals surface area contributed by atoms with Gasteiger partial charge in [0.05, 0.1) is 28.0 Å². The normalized spacial score (nSPS) is 21.5. The van der Waals surface area contributed by atoms with Crippen LogP contribution >= 0.6 is 34.5 Å². The number of aliphatic hydroxyl groups is 1. The Morgan fingerprint density at radius 3 is 2.77 bits per heavy atom. The van der Waals surface area contributed by atoms with Gasteiger partial charge in [-0.3, -0.25) is 0 Å². The standard InChI is InChI=1S/C23H26Cl2N4OS/c1-14-6-8-29(13-23(14,12-26)16-7-9-31-11-16)22-19(10-30)28-21(15(2)27-22)17-4-3-5-18(24)20(17)25/h3-5,7,9,11,14,30H,6,8,10,12-13,26H2,1-2H3. The number of halogens is 2. The van der Waals surface area contributed by atoms with Crippen molar-refractivity contribution in [3.63, 3.8) is 0 Å². The molecule has 1 saturated heterocycles. The maximum atomic E-state index is 10.1. The first-order chi connectivity index (χ1) is 14.9. The zero-order valence-corrected chi connectivity index (χ0v) is 19.9. The van der Waals surface area contributed by atoms with Crippen LogP contribution in [0.25, 0.3) is 11.3 Å². The molecule has 3 heterocycles. The Morgan fingerprint density at radius 2 is 2.10 bits per heavy atom. The van der Waals surface area contributed by atoms with Crippen molar-refractivity contribution in [2.24, 2.45) is 11.7 Å². The van der Waals surface area contributed by atoms with Gasteiger partial charge in [-0.25, -0.2) is 9.97 Å². The van der Waals surface area contributed by atoms with E-state index in [9.17, 15) is 5.11 Å². The molecule has 3 aromatic rings. The Morgan fingerprint density at radius 1 is 1.29 bits per heavy atom. The Labute approximate surface area is 196 Å². The van der Waals surface area contributed by atoms with Crippen LogP contribution in [0.4, 0.5) is 5.82 Å². The summed E-state index contributed by atoms with van der Waals surface area (Å²) in [4.78, 5) is 11.9. The minimum Gasteiger partial charge on any atom is -0.390 e. The third kappa shape index (κ3) is 3.96. The molecule has 1 fully saturated rings. The Hall–Kier alpha value is -1.70. The second-order valence-corrected chi connectivity index (χ2v) is 9.74. The van der Waals surface area contributed by atoms with E-state index in [0.29, 0.717) is 45.3 Å². The number of nitrogens with two attached hydrogens (primary N) is 1. The van der Waals surface area contributed by atoms with Crippen LogP contribution in [0.5, 0.6) is 0 Å². The number of hydrogen-bond donors (Lipinski definition) is 2. The van der Waals surface area contributed by atoms with E-state index in [0.717, 1.165) is 25.2 Å². The van der Waals surface area contributed by atoms with E-state index >= 15 is 0 Å². The van der Waals surface area contributed by atoms with Gasteiger partial charge >= 0.3 is 0 Å². The van der Waals surface area contributed by atoms with Gasteiger partial charge in [0.15, 0.2) is 5.82 Å². The number of aryl methyl sites for hydroxylation is 1. The monoisotopic (exact) mass is 476 g/mol. The maximum Gasteiger partial charge on any atom is 0.153 e. The summed E-state index contributed by atoms with van der Waals surface area (Å²) in [6, 6.07) is 7.61. The number of anilines is 1. The summed E-state index contributed by atoms with van der Waals surface area (Å²) >= 11 is 14.3. The molecule has 0 aliphatic carbocycles. The minimum atomic E-state index is -0.214. The predicted octanol–water partition coefficient (Wildman–Crippen LogP) is 5.06. The lowest BCUT2D eigenvalue weighted by molar-refractivity contribution is 0.244. The molecule has 2 aromatic heterocycles. The number of aliphatic hydroxyl groups excluding tert-OH is 1. The van der Waals surface area contributed by atoms with Crippen molar-refractivity contribution in [1.29, 1.82) is 0 Å². The van der Waals surface area contributed by atoms with Crippen molar-refractivity contribution < 1.29 is 5.11 Å².